The van der Waals surface area contributed by atoms with E-state index < -0.39 is 5.69 Å². The number of aromatic nitrogens is 2. The summed E-state index contributed by atoms with van der Waals surface area (Å²) in [7, 11) is 0. The van der Waals surface area contributed by atoms with Gasteiger partial charge in [0, 0.05) is 16.1 Å². The molecular formula is C24H23N3O3S. The second-order valence-corrected chi connectivity index (χ2v) is 9.12. The number of benzene rings is 2. The molecule has 0 atom stereocenters. The van der Waals surface area contributed by atoms with Crippen molar-refractivity contribution in [3.8, 4) is 0 Å². The molecule has 1 N–H and O–H groups in total. The van der Waals surface area contributed by atoms with E-state index in [0.29, 0.717) is 10.2 Å². The molecule has 0 bridgehead atoms. The van der Waals surface area contributed by atoms with Gasteiger partial charge in [-0.25, -0.2) is 4.79 Å². The van der Waals surface area contributed by atoms with Crippen LogP contribution < -0.4 is 16.6 Å². The molecular weight excluding hydrogens is 410 g/mol. The van der Waals surface area contributed by atoms with Gasteiger partial charge in [0.2, 0.25) is 5.91 Å². The van der Waals surface area contributed by atoms with Gasteiger partial charge >= 0.3 is 5.69 Å². The average molecular weight is 434 g/mol. The predicted octanol–water partition coefficient (Wildman–Crippen LogP) is 3.49. The number of thiophene rings is 1. The molecule has 1 saturated carbocycles. The average Bonchev–Trinajstić information content (AvgIpc) is 3.43. The van der Waals surface area contributed by atoms with Crippen molar-refractivity contribution in [3.05, 3.63) is 81.0 Å². The van der Waals surface area contributed by atoms with Crippen LogP contribution in [0.15, 0.2) is 64.2 Å². The van der Waals surface area contributed by atoms with Crippen molar-refractivity contribution >= 4 is 37.5 Å². The molecule has 0 unspecified atom stereocenters. The summed E-state index contributed by atoms with van der Waals surface area (Å²) in [4.78, 5) is 39.6. The molecule has 1 aliphatic rings. The van der Waals surface area contributed by atoms with Crippen LogP contribution in [0.1, 0.15) is 31.2 Å². The predicted molar refractivity (Wildman–Crippen MR) is 124 cm³/mol. The van der Waals surface area contributed by atoms with Gasteiger partial charge < -0.3 is 5.32 Å². The number of nitrogens with one attached hydrogen (secondary N) is 1. The summed E-state index contributed by atoms with van der Waals surface area (Å²) in [6.07, 6.45) is 4.19. The number of rotatable bonds is 5. The molecule has 158 valence electrons. The quantitative estimate of drug-likeness (QED) is 0.524. The number of hydrogen-bond donors (Lipinski definition) is 1. The van der Waals surface area contributed by atoms with Gasteiger partial charge in [0.15, 0.2) is 0 Å². The van der Waals surface area contributed by atoms with E-state index in [1.165, 1.54) is 20.5 Å². The van der Waals surface area contributed by atoms with E-state index in [0.717, 1.165) is 41.3 Å². The van der Waals surface area contributed by atoms with Crippen LogP contribution >= 0.6 is 11.3 Å². The smallest absolute Gasteiger partial charge is 0.332 e. The van der Waals surface area contributed by atoms with E-state index >= 15 is 0 Å². The van der Waals surface area contributed by atoms with Crippen LogP contribution in [0.3, 0.4) is 0 Å². The third-order valence-electron chi connectivity index (χ3n) is 5.95. The Bertz CT molecular complexity index is 1380. The van der Waals surface area contributed by atoms with Crippen LogP contribution in [0.2, 0.25) is 0 Å². The topological polar surface area (TPSA) is 73.1 Å². The second kappa shape index (κ2) is 8.15. The van der Waals surface area contributed by atoms with E-state index in [1.54, 1.807) is 0 Å². The van der Waals surface area contributed by atoms with Crippen LogP contribution in [0, 0.1) is 0 Å². The molecule has 1 aliphatic carbocycles. The summed E-state index contributed by atoms with van der Waals surface area (Å²) in [5.41, 5.74) is 0.662. The van der Waals surface area contributed by atoms with E-state index in [9.17, 15) is 14.4 Å². The van der Waals surface area contributed by atoms with Crippen molar-refractivity contribution in [1.82, 2.24) is 14.5 Å². The van der Waals surface area contributed by atoms with Gasteiger partial charge in [-0.2, -0.15) is 0 Å². The zero-order valence-corrected chi connectivity index (χ0v) is 17.9. The number of carbonyl (C=O) groups is 1. The maximum Gasteiger partial charge on any atom is 0.332 e. The van der Waals surface area contributed by atoms with Crippen molar-refractivity contribution in [2.24, 2.45) is 0 Å². The van der Waals surface area contributed by atoms with Crippen molar-refractivity contribution in [1.29, 1.82) is 0 Å². The first kappa shape index (κ1) is 19.8. The first-order valence-corrected chi connectivity index (χ1v) is 11.4. The van der Waals surface area contributed by atoms with Crippen molar-refractivity contribution < 1.29 is 4.79 Å². The van der Waals surface area contributed by atoms with Gasteiger partial charge in [0.05, 0.1) is 12.1 Å². The molecule has 0 radical (unpaired) electrons. The molecule has 1 fully saturated rings. The highest BCUT2D eigenvalue weighted by molar-refractivity contribution is 7.25. The third-order valence-corrected chi connectivity index (χ3v) is 7.09. The Hall–Kier alpha value is -3.19. The van der Waals surface area contributed by atoms with Gasteiger partial charge in [0.25, 0.3) is 5.56 Å². The number of carbonyl (C=O) groups excluding carboxylic acids is 1. The molecule has 2 aromatic heterocycles. The maximum atomic E-state index is 13.5. The molecule has 5 rings (SSSR count). The van der Waals surface area contributed by atoms with Crippen LogP contribution in [-0.2, 0) is 17.9 Å². The molecule has 2 heterocycles. The van der Waals surface area contributed by atoms with Crippen molar-refractivity contribution in [3.63, 3.8) is 0 Å². The van der Waals surface area contributed by atoms with Crippen LogP contribution in [-0.4, -0.2) is 21.1 Å². The standard InChI is InChI=1S/C24H23N3O3S/c28-20(25-17-10-4-5-11-17)15-26-21-18-12-6-7-13-19(18)31-22(21)23(29)27(24(26)30)14-16-8-2-1-3-9-16/h1-3,6-9,12-13,17H,4-5,10-11,14-15H2,(H,25,28). The van der Waals surface area contributed by atoms with Crippen LogP contribution in [0.5, 0.6) is 0 Å². The zero-order chi connectivity index (χ0) is 21.4. The number of fused-ring (bicyclic) bond motifs is 3. The van der Waals surface area contributed by atoms with Gasteiger partial charge in [-0.05, 0) is 24.5 Å². The lowest BCUT2D eigenvalue weighted by molar-refractivity contribution is -0.122. The maximum absolute atomic E-state index is 13.5. The lowest BCUT2D eigenvalue weighted by Crippen LogP contribution is -2.43. The normalized spacial score (nSPS) is 14.5. The van der Waals surface area contributed by atoms with Gasteiger partial charge in [-0.3, -0.25) is 18.7 Å². The SMILES string of the molecule is O=C(Cn1c(=O)n(Cc2ccccc2)c(=O)c2sc3ccccc3c21)NC1CCCC1. The number of amides is 1. The fourth-order valence-corrected chi connectivity index (χ4v) is 5.59. The highest BCUT2D eigenvalue weighted by atomic mass is 32.1. The molecule has 31 heavy (non-hydrogen) atoms. The van der Waals surface area contributed by atoms with E-state index in [-0.39, 0.29) is 30.6 Å². The minimum atomic E-state index is -0.452. The minimum absolute atomic E-state index is 0.0956. The molecule has 0 spiro atoms. The molecule has 0 saturated heterocycles. The first-order chi connectivity index (χ1) is 15.1. The molecule has 2 aromatic carbocycles. The third kappa shape index (κ3) is 3.70. The zero-order valence-electron chi connectivity index (χ0n) is 17.0. The number of hydrogen-bond acceptors (Lipinski definition) is 4. The summed E-state index contributed by atoms with van der Waals surface area (Å²) in [6, 6.07) is 17.2. The van der Waals surface area contributed by atoms with E-state index in [2.05, 4.69) is 5.32 Å². The minimum Gasteiger partial charge on any atom is -0.352 e. The Labute approximate surface area is 182 Å². The second-order valence-electron chi connectivity index (χ2n) is 8.07. The summed E-state index contributed by atoms with van der Waals surface area (Å²) in [5.74, 6) is -0.185. The monoisotopic (exact) mass is 433 g/mol. The van der Waals surface area contributed by atoms with Crippen LogP contribution in [0.25, 0.3) is 20.3 Å². The van der Waals surface area contributed by atoms with Crippen molar-refractivity contribution in [2.45, 2.75) is 44.8 Å². The Morgan fingerprint density at radius 1 is 0.968 bits per heavy atom. The van der Waals surface area contributed by atoms with E-state index in [4.69, 9.17) is 0 Å². The van der Waals surface area contributed by atoms with E-state index in [1.807, 2.05) is 54.6 Å². The molecule has 7 heteroatoms. The fourth-order valence-electron chi connectivity index (χ4n) is 4.43. The Morgan fingerprint density at radius 3 is 2.45 bits per heavy atom. The highest BCUT2D eigenvalue weighted by Crippen LogP contribution is 2.30. The van der Waals surface area contributed by atoms with Crippen LogP contribution in [0.4, 0.5) is 0 Å². The summed E-state index contributed by atoms with van der Waals surface area (Å²) in [6.45, 7) is 0.0779. The van der Waals surface area contributed by atoms with Gasteiger partial charge in [-0.1, -0.05) is 61.4 Å². The highest BCUT2D eigenvalue weighted by Gasteiger charge is 2.22. The Balaban J connectivity index is 1.66. The largest absolute Gasteiger partial charge is 0.352 e. The first-order valence-electron chi connectivity index (χ1n) is 10.6. The van der Waals surface area contributed by atoms with Crippen molar-refractivity contribution in [2.75, 3.05) is 0 Å². The lowest BCUT2D eigenvalue weighted by atomic mass is 10.2. The molecule has 4 aromatic rings. The summed E-state index contributed by atoms with van der Waals surface area (Å²) >= 11 is 1.37. The lowest BCUT2D eigenvalue weighted by Gasteiger charge is -2.15. The van der Waals surface area contributed by atoms with Gasteiger partial charge in [-0.15, -0.1) is 11.3 Å². The molecule has 1 amide bonds. The van der Waals surface area contributed by atoms with Gasteiger partial charge in [0.1, 0.15) is 11.2 Å². The Morgan fingerprint density at radius 2 is 1.68 bits per heavy atom. The molecule has 0 aliphatic heterocycles. The fraction of sp³-hybridized carbons (Fsp3) is 0.292. The summed E-state index contributed by atoms with van der Waals surface area (Å²) in [5, 5.41) is 3.89. The Kier molecular flexibility index (Phi) is 5.19. The number of nitrogens with zero attached hydrogens (tertiary/aromatic N) is 2. The molecule has 6 nitrogen and oxygen atoms in total. The summed E-state index contributed by atoms with van der Waals surface area (Å²) < 4.78 is 4.15.